The summed E-state index contributed by atoms with van der Waals surface area (Å²) < 4.78 is 10.3. The highest BCUT2D eigenvalue weighted by molar-refractivity contribution is 5.89. The second-order valence-electron chi connectivity index (χ2n) is 5.15. The quantitative estimate of drug-likeness (QED) is 0.840. The Morgan fingerprint density at radius 2 is 1.83 bits per heavy atom. The number of carbonyl (C=O) groups excluding carboxylic acids is 1. The van der Waals surface area contributed by atoms with Crippen LogP contribution in [0.5, 0.6) is 11.5 Å². The average Bonchev–Trinajstić information content (AvgIpc) is 2.59. The fraction of sp³-hybridized carbons (Fsp3) is 0.312. The molecule has 2 amide bonds. The standard InChI is InChI=1S/C16H21N5O3/c1-21(2)15-17-6-5-11(19-15)10-18-16(22)20-12-7-13(23-3)9-14(8-12)24-4/h5-9H,10H2,1-4H3,(H2,18,20,22). The molecule has 1 aromatic heterocycles. The van der Waals surface area contributed by atoms with E-state index in [1.54, 1.807) is 49.6 Å². The molecule has 8 nitrogen and oxygen atoms in total. The second-order valence-corrected chi connectivity index (χ2v) is 5.15. The van der Waals surface area contributed by atoms with Crippen LogP contribution in [0.2, 0.25) is 0 Å². The fourth-order valence-corrected chi connectivity index (χ4v) is 1.92. The smallest absolute Gasteiger partial charge is 0.319 e. The summed E-state index contributed by atoms with van der Waals surface area (Å²) in [6, 6.07) is 6.54. The molecule has 0 aliphatic heterocycles. The molecule has 0 aliphatic carbocycles. The lowest BCUT2D eigenvalue weighted by Gasteiger charge is -2.12. The monoisotopic (exact) mass is 331 g/mol. The molecule has 1 aromatic carbocycles. The minimum Gasteiger partial charge on any atom is -0.497 e. The van der Waals surface area contributed by atoms with E-state index in [1.165, 1.54) is 0 Å². The van der Waals surface area contributed by atoms with Crippen LogP contribution in [0.15, 0.2) is 30.5 Å². The van der Waals surface area contributed by atoms with Gasteiger partial charge in [-0.25, -0.2) is 14.8 Å². The van der Waals surface area contributed by atoms with Gasteiger partial charge in [0.1, 0.15) is 11.5 Å². The van der Waals surface area contributed by atoms with Gasteiger partial charge in [-0.05, 0) is 6.07 Å². The molecule has 0 atom stereocenters. The molecular weight excluding hydrogens is 310 g/mol. The third-order valence-corrected chi connectivity index (χ3v) is 3.14. The van der Waals surface area contributed by atoms with Crippen molar-refractivity contribution in [2.24, 2.45) is 0 Å². The fourth-order valence-electron chi connectivity index (χ4n) is 1.92. The van der Waals surface area contributed by atoms with E-state index in [2.05, 4.69) is 20.6 Å². The van der Waals surface area contributed by atoms with Crippen LogP contribution in [-0.4, -0.2) is 44.3 Å². The number of nitrogens with zero attached hydrogens (tertiary/aromatic N) is 3. The number of benzene rings is 1. The van der Waals surface area contributed by atoms with Crippen LogP contribution in [0.25, 0.3) is 0 Å². The average molecular weight is 331 g/mol. The first-order valence-corrected chi connectivity index (χ1v) is 7.29. The van der Waals surface area contributed by atoms with Crippen molar-refractivity contribution in [2.75, 3.05) is 38.5 Å². The SMILES string of the molecule is COc1cc(NC(=O)NCc2ccnc(N(C)C)n2)cc(OC)c1. The lowest BCUT2D eigenvalue weighted by Crippen LogP contribution is -2.28. The molecule has 0 saturated heterocycles. The van der Waals surface area contributed by atoms with Crippen LogP contribution >= 0.6 is 0 Å². The van der Waals surface area contributed by atoms with Crippen molar-refractivity contribution in [3.05, 3.63) is 36.2 Å². The Kier molecular flexibility index (Phi) is 5.78. The molecule has 0 saturated carbocycles. The number of urea groups is 1. The number of anilines is 2. The van der Waals surface area contributed by atoms with E-state index in [1.807, 2.05) is 14.1 Å². The first-order valence-electron chi connectivity index (χ1n) is 7.29. The van der Waals surface area contributed by atoms with Crippen molar-refractivity contribution in [3.8, 4) is 11.5 Å². The van der Waals surface area contributed by atoms with Crippen molar-refractivity contribution in [1.82, 2.24) is 15.3 Å². The van der Waals surface area contributed by atoms with Gasteiger partial charge in [0.2, 0.25) is 5.95 Å². The minimum absolute atomic E-state index is 0.288. The minimum atomic E-state index is -0.352. The van der Waals surface area contributed by atoms with Crippen LogP contribution in [0, 0.1) is 0 Å². The molecule has 2 rings (SSSR count). The van der Waals surface area contributed by atoms with E-state index in [4.69, 9.17) is 9.47 Å². The number of hydrogen-bond acceptors (Lipinski definition) is 6. The zero-order valence-electron chi connectivity index (χ0n) is 14.2. The molecule has 2 aromatic rings. The predicted molar refractivity (Wildman–Crippen MR) is 91.8 cm³/mol. The van der Waals surface area contributed by atoms with Crippen molar-refractivity contribution in [3.63, 3.8) is 0 Å². The van der Waals surface area contributed by atoms with Crippen LogP contribution in [0.3, 0.4) is 0 Å². The van der Waals surface area contributed by atoms with Gasteiger partial charge in [-0.15, -0.1) is 0 Å². The number of aromatic nitrogens is 2. The van der Waals surface area contributed by atoms with E-state index in [9.17, 15) is 4.79 Å². The van der Waals surface area contributed by atoms with Crippen LogP contribution in [0.4, 0.5) is 16.4 Å². The highest BCUT2D eigenvalue weighted by atomic mass is 16.5. The highest BCUT2D eigenvalue weighted by Gasteiger charge is 2.07. The third kappa shape index (κ3) is 4.73. The molecule has 128 valence electrons. The second kappa shape index (κ2) is 8.00. The lowest BCUT2D eigenvalue weighted by molar-refractivity contribution is 0.251. The first-order chi connectivity index (χ1) is 11.5. The van der Waals surface area contributed by atoms with Gasteiger partial charge in [0, 0.05) is 44.2 Å². The summed E-state index contributed by atoms with van der Waals surface area (Å²) in [5.41, 5.74) is 1.28. The number of rotatable bonds is 6. The number of methoxy groups -OCH3 is 2. The zero-order valence-corrected chi connectivity index (χ0v) is 14.2. The summed E-state index contributed by atoms with van der Waals surface area (Å²) in [7, 11) is 6.82. The molecule has 0 spiro atoms. The van der Waals surface area contributed by atoms with Crippen molar-refractivity contribution in [1.29, 1.82) is 0 Å². The van der Waals surface area contributed by atoms with Gasteiger partial charge in [0.15, 0.2) is 0 Å². The van der Waals surface area contributed by atoms with Crippen LogP contribution < -0.4 is 25.0 Å². The van der Waals surface area contributed by atoms with Crippen molar-refractivity contribution in [2.45, 2.75) is 6.54 Å². The van der Waals surface area contributed by atoms with Crippen LogP contribution in [-0.2, 0) is 6.54 Å². The summed E-state index contributed by atoms with van der Waals surface area (Å²) in [4.78, 5) is 22.3. The van der Waals surface area contributed by atoms with E-state index in [-0.39, 0.29) is 12.6 Å². The van der Waals surface area contributed by atoms with Gasteiger partial charge in [0.25, 0.3) is 0 Å². The molecule has 0 unspecified atom stereocenters. The van der Waals surface area contributed by atoms with Crippen molar-refractivity contribution < 1.29 is 14.3 Å². The van der Waals surface area contributed by atoms with Gasteiger partial charge >= 0.3 is 6.03 Å². The molecule has 0 aliphatic rings. The summed E-state index contributed by atoms with van der Waals surface area (Å²) in [6.07, 6.45) is 1.66. The maximum Gasteiger partial charge on any atom is 0.319 e. The molecule has 0 radical (unpaired) electrons. The zero-order chi connectivity index (χ0) is 17.5. The molecule has 24 heavy (non-hydrogen) atoms. The largest absolute Gasteiger partial charge is 0.497 e. The third-order valence-electron chi connectivity index (χ3n) is 3.14. The molecule has 8 heteroatoms. The summed E-state index contributed by atoms with van der Waals surface area (Å²) >= 11 is 0. The summed E-state index contributed by atoms with van der Waals surface area (Å²) in [6.45, 7) is 0.288. The number of hydrogen-bond donors (Lipinski definition) is 2. The molecule has 1 heterocycles. The van der Waals surface area contributed by atoms with Gasteiger partial charge in [0.05, 0.1) is 26.5 Å². The Labute approximate surface area is 140 Å². The Balaban J connectivity index is 1.97. The van der Waals surface area contributed by atoms with E-state index in [0.717, 1.165) is 0 Å². The van der Waals surface area contributed by atoms with E-state index >= 15 is 0 Å². The maximum atomic E-state index is 12.0. The Bertz CT molecular complexity index is 684. The van der Waals surface area contributed by atoms with Gasteiger partial charge in [-0.3, -0.25) is 0 Å². The molecule has 2 N–H and O–H groups in total. The lowest BCUT2D eigenvalue weighted by atomic mass is 10.3. The number of ether oxygens (including phenoxy) is 2. The predicted octanol–water partition coefficient (Wildman–Crippen LogP) is 1.88. The van der Waals surface area contributed by atoms with Crippen molar-refractivity contribution >= 4 is 17.7 Å². The van der Waals surface area contributed by atoms with Gasteiger partial charge < -0.3 is 25.0 Å². The molecule has 0 fully saturated rings. The number of nitrogens with one attached hydrogen (secondary N) is 2. The molecule has 0 bridgehead atoms. The Hall–Kier alpha value is -3.03. The van der Waals surface area contributed by atoms with Crippen LogP contribution in [0.1, 0.15) is 5.69 Å². The number of carbonyl (C=O) groups is 1. The van der Waals surface area contributed by atoms with Gasteiger partial charge in [-0.1, -0.05) is 0 Å². The normalized spacial score (nSPS) is 10.0. The number of amides is 2. The Morgan fingerprint density at radius 1 is 1.17 bits per heavy atom. The van der Waals surface area contributed by atoms with E-state index < -0.39 is 0 Å². The maximum absolute atomic E-state index is 12.0. The Morgan fingerprint density at radius 3 is 2.42 bits per heavy atom. The summed E-state index contributed by atoms with van der Waals surface area (Å²) in [5, 5.41) is 5.48. The van der Waals surface area contributed by atoms with E-state index in [0.29, 0.717) is 28.8 Å². The molecular formula is C16H21N5O3. The topological polar surface area (TPSA) is 88.6 Å². The van der Waals surface area contributed by atoms with Gasteiger partial charge in [-0.2, -0.15) is 0 Å². The highest BCUT2D eigenvalue weighted by Crippen LogP contribution is 2.25. The first kappa shape index (κ1) is 17.3. The summed E-state index contributed by atoms with van der Waals surface area (Å²) in [5.74, 6) is 1.78.